The molecular formula is C13H20ClN. The SMILES string of the molecule is CCCCCCNCc1ccc(Cl)cc1. The van der Waals surface area contributed by atoms with Gasteiger partial charge in [0.15, 0.2) is 0 Å². The van der Waals surface area contributed by atoms with E-state index in [1.165, 1.54) is 31.2 Å². The topological polar surface area (TPSA) is 12.0 Å². The molecule has 0 bridgehead atoms. The lowest BCUT2D eigenvalue weighted by atomic mass is 10.2. The highest BCUT2D eigenvalue weighted by Crippen LogP contribution is 2.09. The minimum absolute atomic E-state index is 0.807. The molecule has 2 heteroatoms. The second kappa shape index (κ2) is 7.72. The number of nitrogens with one attached hydrogen (secondary N) is 1. The van der Waals surface area contributed by atoms with Crippen molar-refractivity contribution in [2.75, 3.05) is 6.54 Å². The molecule has 0 fully saturated rings. The van der Waals surface area contributed by atoms with E-state index in [1.54, 1.807) is 0 Å². The van der Waals surface area contributed by atoms with Gasteiger partial charge in [0, 0.05) is 11.6 Å². The molecule has 1 nitrogen and oxygen atoms in total. The van der Waals surface area contributed by atoms with Crippen LogP contribution in [0.3, 0.4) is 0 Å². The van der Waals surface area contributed by atoms with Crippen LogP contribution in [0, 0.1) is 0 Å². The van der Waals surface area contributed by atoms with Gasteiger partial charge >= 0.3 is 0 Å². The van der Waals surface area contributed by atoms with Gasteiger partial charge in [0.1, 0.15) is 0 Å². The number of unbranched alkanes of at least 4 members (excludes halogenated alkanes) is 3. The van der Waals surface area contributed by atoms with Gasteiger partial charge in [-0.25, -0.2) is 0 Å². The normalized spacial score (nSPS) is 10.5. The lowest BCUT2D eigenvalue weighted by Crippen LogP contribution is -2.14. The van der Waals surface area contributed by atoms with E-state index in [2.05, 4.69) is 24.4 Å². The standard InChI is InChI=1S/C13H20ClN/c1-2-3-4-5-10-15-11-12-6-8-13(14)9-7-12/h6-9,15H,2-5,10-11H2,1H3. The van der Waals surface area contributed by atoms with Crippen LogP contribution in [0.1, 0.15) is 38.2 Å². The van der Waals surface area contributed by atoms with Crippen LogP contribution in [-0.4, -0.2) is 6.54 Å². The van der Waals surface area contributed by atoms with E-state index in [9.17, 15) is 0 Å². The first kappa shape index (κ1) is 12.5. The predicted octanol–water partition coefficient (Wildman–Crippen LogP) is 4.01. The maximum Gasteiger partial charge on any atom is 0.0406 e. The monoisotopic (exact) mass is 225 g/mol. The Bertz CT molecular complexity index is 256. The molecule has 0 aromatic heterocycles. The van der Waals surface area contributed by atoms with Crippen molar-refractivity contribution >= 4 is 11.6 Å². The number of halogens is 1. The van der Waals surface area contributed by atoms with Crippen LogP contribution >= 0.6 is 11.6 Å². The van der Waals surface area contributed by atoms with Gasteiger partial charge < -0.3 is 5.32 Å². The van der Waals surface area contributed by atoms with Crippen molar-refractivity contribution in [3.8, 4) is 0 Å². The van der Waals surface area contributed by atoms with Crippen LogP contribution in [0.15, 0.2) is 24.3 Å². The molecule has 0 spiro atoms. The average Bonchev–Trinajstić information content (AvgIpc) is 2.26. The number of benzene rings is 1. The van der Waals surface area contributed by atoms with Crippen molar-refractivity contribution in [1.82, 2.24) is 5.32 Å². The summed E-state index contributed by atoms with van der Waals surface area (Å²) in [7, 11) is 0. The van der Waals surface area contributed by atoms with Gasteiger partial charge in [-0.1, -0.05) is 49.9 Å². The predicted molar refractivity (Wildman–Crippen MR) is 67.3 cm³/mol. The van der Waals surface area contributed by atoms with Crippen molar-refractivity contribution in [3.05, 3.63) is 34.9 Å². The molecule has 0 saturated heterocycles. The van der Waals surface area contributed by atoms with Crippen LogP contribution in [0.2, 0.25) is 5.02 Å². The van der Waals surface area contributed by atoms with Crippen molar-refractivity contribution in [2.24, 2.45) is 0 Å². The summed E-state index contributed by atoms with van der Waals surface area (Å²) in [6.07, 6.45) is 5.27. The summed E-state index contributed by atoms with van der Waals surface area (Å²) in [6.45, 7) is 4.30. The second-order valence-corrected chi connectivity index (χ2v) is 4.30. The third-order valence-electron chi connectivity index (χ3n) is 2.45. The quantitative estimate of drug-likeness (QED) is 0.692. The summed E-state index contributed by atoms with van der Waals surface area (Å²) in [5, 5.41) is 4.24. The first-order chi connectivity index (χ1) is 7.33. The first-order valence-corrected chi connectivity index (χ1v) is 6.16. The fraction of sp³-hybridized carbons (Fsp3) is 0.538. The van der Waals surface area contributed by atoms with Gasteiger partial charge in [-0.15, -0.1) is 0 Å². The number of hydrogen-bond acceptors (Lipinski definition) is 1. The van der Waals surface area contributed by atoms with E-state index < -0.39 is 0 Å². The van der Waals surface area contributed by atoms with Crippen LogP contribution in [0.25, 0.3) is 0 Å². The Hall–Kier alpha value is -0.530. The Balaban J connectivity index is 2.07. The lowest BCUT2D eigenvalue weighted by molar-refractivity contribution is 0.598. The molecule has 15 heavy (non-hydrogen) atoms. The van der Waals surface area contributed by atoms with Crippen LogP contribution < -0.4 is 5.32 Å². The zero-order valence-electron chi connectivity index (χ0n) is 9.43. The van der Waals surface area contributed by atoms with E-state index >= 15 is 0 Å². The van der Waals surface area contributed by atoms with Crippen LogP contribution in [-0.2, 0) is 6.54 Å². The molecule has 0 aliphatic rings. The molecule has 0 heterocycles. The van der Waals surface area contributed by atoms with Crippen molar-refractivity contribution < 1.29 is 0 Å². The molecule has 84 valence electrons. The van der Waals surface area contributed by atoms with Gasteiger partial charge in [0.05, 0.1) is 0 Å². The molecule has 0 amide bonds. The molecule has 1 aromatic rings. The Morgan fingerprint density at radius 1 is 1.07 bits per heavy atom. The maximum absolute atomic E-state index is 5.81. The van der Waals surface area contributed by atoms with Crippen LogP contribution in [0.4, 0.5) is 0 Å². The molecule has 1 rings (SSSR count). The average molecular weight is 226 g/mol. The van der Waals surface area contributed by atoms with Crippen LogP contribution in [0.5, 0.6) is 0 Å². The fourth-order valence-corrected chi connectivity index (χ4v) is 1.64. The first-order valence-electron chi connectivity index (χ1n) is 5.78. The molecular weight excluding hydrogens is 206 g/mol. The Kier molecular flexibility index (Phi) is 6.45. The lowest BCUT2D eigenvalue weighted by Gasteiger charge is -2.04. The summed E-state index contributed by atoms with van der Waals surface area (Å²) in [5.41, 5.74) is 1.30. The van der Waals surface area contributed by atoms with E-state index in [4.69, 9.17) is 11.6 Å². The molecule has 1 aromatic carbocycles. The Morgan fingerprint density at radius 3 is 2.47 bits per heavy atom. The highest BCUT2D eigenvalue weighted by Gasteiger charge is 1.92. The summed E-state index contributed by atoms with van der Waals surface area (Å²) in [5.74, 6) is 0. The summed E-state index contributed by atoms with van der Waals surface area (Å²) >= 11 is 5.81. The zero-order valence-corrected chi connectivity index (χ0v) is 10.2. The molecule has 0 aliphatic heterocycles. The van der Waals surface area contributed by atoms with E-state index in [0.29, 0.717) is 0 Å². The minimum atomic E-state index is 0.807. The van der Waals surface area contributed by atoms with Gasteiger partial charge in [0.2, 0.25) is 0 Å². The van der Waals surface area contributed by atoms with Crippen molar-refractivity contribution in [1.29, 1.82) is 0 Å². The van der Waals surface area contributed by atoms with Gasteiger partial charge in [-0.3, -0.25) is 0 Å². The Labute approximate surface area is 97.8 Å². The fourth-order valence-electron chi connectivity index (χ4n) is 1.51. The van der Waals surface area contributed by atoms with E-state index in [1.807, 2.05) is 12.1 Å². The van der Waals surface area contributed by atoms with Gasteiger partial charge in [-0.2, -0.15) is 0 Å². The maximum atomic E-state index is 5.81. The van der Waals surface area contributed by atoms with E-state index in [0.717, 1.165) is 18.1 Å². The molecule has 0 atom stereocenters. The largest absolute Gasteiger partial charge is 0.313 e. The zero-order chi connectivity index (χ0) is 10.9. The van der Waals surface area contributed by atoms with Crippen molar-refractivity contribution in [2.45, 2.75) is 39.2 Å². The number of rotatable bonds is 7. The highest BCUT2D eigenvalue weighted by atomic mass is 35.5. The summed E-state index contributed by atoms with van der Waals surface area (Å²) < 4.78 is 0. The van der Waals surface area contributed by atoms with Crippen molar-refractivity contribution in [3.63, 3.8) is 0 Å². The summed E-state index contributed by atoms with van der Waals surface area (Å²) in [4.78, 5) is 0. The summed E-state index contributed by atoms with van der Waals surface area (Å²) in [6, 6.07) is 8.02. The van der Waals surface area contributed by atoms with Gasteiger partial charge in [-0.05, 0) is 30.7 Å². The third-order valence-corrected chi connectivity index (χ3v) is 2.70. The van der Waals surface area contributed by atoms with E-state index in [-0.39, 0.29) is 0 Å². The highest BCUT2D eigenvalue weighted by molar-refractivity contribution is 6.30. The third kappa shape index (κ3) is 5.81. The minimum Gasteiger partial charge on any atom is -0.313 e. The molecule has 1 N–H and O–H groups in total. The molecule has 0 radical (unpaired) electrons. The van der Waals surface area contributed by atoms with Gasteiger partial charge in [0.25, 0.3) is 0 Å². The molecule has 0 saturated carbocycles. The smallest absolute Gasteiger partial charge is 0.0406 e. The molecule has 0 aliphatic carbocycles. The molecule has 0 unspecified atom stereocenters. The Morgan fingerprint density at radius 2 is 1.80 bits per heavy atom. The number of hydrogen-bond donors (Lipinski definition) is 1. The second-order valence-electron chi connectivity index (χ2n) is 3.86.